The molecule has 1 aliphatic rings. The van der Waals surface area contributed by atoms with Crippen LogP contribution in [0.4, 0.5) is 19.0 Å². The smallest absolute Gasteiger partial charge is 0.382 e. The Morgan fingerprint density at radius 1 is 1.12 bits per heavy atom. The topological polar surface area (TPSA) is 72.9 Å². The molecule has 0 atom stereocenters. The molecule has 0 spiro atoms. The van der Waals surface area contributed by atoms with E-state index >= 15 is 0 Å². The predicted octanol–water partition coefficient (Wildman–Crippen LogP) is 5.93. The van der Waals surface area contributed by atoms with Gasteiger partial charge in [0.15, 0.2) is 5.82 Å². The summed E-state index contributed by atoms with van der Waals surface area (Å²) < 4.78 is 40.8. The van der Waals surface area contributed by atoms with Crippen LogP contribution in [0.2, 0.25) is 10.0 Å². The van der Waals surface area contributed by atoms with Gasteiger partial charge in [0, 0.05) is 12.6 Å². The highest BCUT2D eigenvalue weighted by Crippen LogP contribution is 2.33. The maximum atomic E-state index is 13.0. The molecule has 3 aromatic rings. The van der Waals surface area contributed by atoms with E-state index in [0.717, 1.165) is 41.9 Å². The Morgan fingerprint density at radius 2 is 1.84 bits per heavy atom. The number of benzene rings is 2. The molecule has 1 amide bonds. The SMILES string of the molecule is Nc1nn(C[C@H]2CC[C@H](NC(=O)c3cc(C(F)(F)F)ccc3Cl)CC2)c2cccc(Cl)c12. The first-order chi connectivity index (χ1) is 15.1. The largest absolute Gasteiger partial charge is 0.416 e. The van der Waals surface area contributed by atoms with E-state index in [4.69, 9.17) is 28.9 Å². The lowest BCUT2D eigenvalue weighted by Crippen LogP contribution is -2.38. The molecular weight excluding hydrogens is 464 g/mol. The van der Waals surface area contributed by atoms with Gasteiger partial charge in [0.05, 0.1) is 32.1 Å². The van der Waals surface area contributed by atoms with Gasteiger partial charge in [-0.25, -0.2) is 0 Å². The Labute approximate surface area is 192 Å². The molecule has 2 aromatic carbocycles. The van der Waals surface area contributed by atoms with Crippen LogP contribution in [0.1, 0.15) is 41.6 Å². The van der Waals surface area contributed by atoms with Gasteiger partial charge in [0.1, 0.15) is 0 Å². The Balaban J connectivity index is 1.38. The Hall–Kier alpha value is -2.45. The van der Waals surface area contributed by atoms with Crippen LogP contribution < -0.4 is 11.1 Å². The molecule has 32 heavy (non-hydrogen) atoms. The number of nitrogen functional groups attached to an aromatic ring is 1. The number of fused-ring (bicyclic) bond motifs is 1. The maximum Gasteiger partial charge on any atom is 0.416 e. The third-order valence-electron chi connectivity index (χ3n) is 5.91. The number of hydrogen-bond acceptors (Lipinski definition) is 3. The van der Waals surface area contributed by atoms with E-state index < -0.39 is 17.6 Å². The lowest BCUT2D eigenvalue weighted by Gasteiger charge is -2.29. The number of carbonyl (C=O) groups excluding carboxylic acids is 1. The highest BCUT2D eigenvalue weighted by atomic mass is 35.5. The standard InChI is InChI=1S/C22H21Cl2F3N4O/c23-16-9-6-13(22(25,26)27)10-15(16)21(32)29-14-7-4-12(5-8-14)11-31-18-3-1-2-17(24)19(18)20(28)30-31/h1-3,6,9-10,12,14H,4-5,7-8,11H2,(H2,28,30)(H,29,32)/t12-,14-. The molecular formula is C22H21Cl2F3N4O. The summed E-state index contributed by atoms with van der Waals surface area (Å²) in [5.41, 5.74) is 5.83. The van der Waals surface area contributed by atoms with Crippen LogP contribution in [0.15, 0.2) is 36.4 Å². The molecule has 4 rings (SSSR count). The fourth-order valence-electron chi connectivity index (χ4n) is 4.23. The monoisotopic (exact) mass is 484 g/mol. The van der Waals surface area contributed by atoms with Gasteiger partial charge in [-0.2, -0.15) is 18.3 Å². The van der Waals surface area contributed by atoms with Gasteiger partial charge in [0.2, 0.25) is 0 Å². The van der Waals surface area contributed by atoms with Crippen molar-refractivity contribution in [3.8, 4) is 0 Å². The molecule has 0 aliphatic heterocycles. The number of amides is 1. The normalized spacial score (nSPS) is 19.3. The zero-order chi connectivity index (χ0) is 23.0. The van der Waals surface area contributed by atoms with Crippen molar-refractivity contribution in [2.24, 2.45) is 5.92 Å². The summed E-state index contributed by atoms with van der Waals surface area (Å²) in [6.45, 7) is 0.675. The number of nitrogens with zero attached hydrogens (tertiary/aromatic N) is 2. The van der Waals surface area contributed by atoms with E-state index in [2.05, 4.69) is 10.4 Å². The number of alkyl halides is 3. The summed E-state index contributed by atoms with van der Waals surface area (Å²) in [6.07, 6.45) is -1.45. The van der Waals surface area contributed by atoms with E-state index in [-0.39, 0.29) is 16.6 Å². The minimum atomic E-state index is -4.54. The molecule has 5 nitrogen and oxygen atoms in total. The zero-order valence-corrected chi connectivity index (χ0v) is 18.4. The second kappa shape index (κ2) is 8.83. The fourth-order valence-corrected chi connectivity index (χ4v) is 4.70. The molecule has 0 radical (unpaired) electrons. The lowest BCUT2D eigenvalue weighted by molar-refractivity contribution is -0.137. The van der Waals surface area contributed by atoms with E-state index in [9.17, 15) is 18.0 Å². The number of carbonyl (C=O) groups is 1. The van der Waals surface area contributed by atoms with Crippen molar-refractivity contribution in [1.29, 1.82) is 0 Å². The molecule has 3 N–H and O–H groups in total. The molecule has 1 aromatic heterocycles. The van der Waals surface area contributed by atoms with Crippen LogP contribution in [0.25, 0.3) is 10.9 Å². The van der Waals surface area contributed by atoms with Crippen molar-refractivity contribution in [3.05, 3.63) is 57.6 Å². The molecule has 1 heterocycles. The zero-order valence-electron chi connectivity index (χ0n) is 16.9. The molecule has 10 heteroatoms. The summed E-state index contributed by atoms with van der Waals surface area (Å²) in [4.78, 5) is 12.6. The Bertz CT molecular complexity index is 1150. The third kappa shape index (κ3) is 4.66. The summed E-state index contributed by atoms with van der Waals surface area (Å²) in [5.74, 6) is 0.135. The van der Waals surface area contributed by atoms with Crippen molar-refractivity contribution in [2.45, 2.75) is 44.4 Å². The lowest BCUT2D eigenvalue weighted by atomic mass is 9.86. The first kappa shape index (κ1) is 22.7. The van der Waals surface area contributed by atoms with Gasteiger partial charge >= 0.3 is 6.18 Å². The molecule has 0 unspecified atom stereocenters. The van der Waals surface area contributed by atoms with Gasteiger partial charge in [-0.15, -0.1) is 0 Å². The van der Waals surface area contributed by atoms with E-state index in [1.807, 2.05) is 16.8 Å². The predicted molar refractivity (Wildman–Crippen MR) is 119 cm³/mol. The highest BCUT2D eigenvalue weighted by Gasteiger charge is 2.32. The van der Waals surface area contributed by atoms with Gasteiger partial charge in [0.25, 0.3) is 5.91 Å². The number of rotatable bonds is 4. The molecule has 1 fully saturated rings. The summed E-state index contributed by atoms with van der Waals surface area (Å²) >= 11 is 12.2. The van der Waals surface area contributed by atoms with Crippen LogP contribution in [0, 0.1) is 5.92 Å². The fraction of sp³-hybridized carbons (Fsp3) is 0.364. The van der Waals surface area contributed by atoms with E-state index in [1.54, 1.807) is 6.07 Å². The van der Waals surface area contributed by atoms with Gasteiger partial charge < -0.3 is 11.1 Å². The highest BCUT2D eigenvalue weighted by molar-refractivity contribution is 6.36. The van der Waals surface area contributed by atoms with E-state index in [0.29, 0.717) is 36.1 Å². The minimum Gasteiger partial charge on any atom is -0.382 e. The second-order valence-corrected chi connectivity index (χ2v) is 8.90. The molecule has 1 saturated carbocycles. The molecule has 0 saturated heterocycles. The van der Waals surface area contributed by atoms with Crippen LogP contribution in [0.3, 0.4) is 0 Å². The second-order valence-electron chi connectivity index (χ2n) is 8.08. The minimum absolute atomic E-state index is 0.00834. The average Bonchev–Trinajstić information content (AvgIpc) is 3.05. The number of anilines is 1. The number of hydrogen-bond donors (Lipinski definition) is 2. The van der Waals surface area contributed by atoms with Crippen LogP contribution in [0.5, 0.6) is 0 Å². The number of aromatic nitrogens is 2. The summed E-state index contributed by atoms with van der Waals surface area (Å²) in [5, 5.41) is 8.55. The van der Waals surface area contributed by atoms with Crippen molar-refractivity contribution in [1.82, 2.24) is 15.1 Å². The first-order valence-corrected chi connectivity index (χ1v) is 11.0. The summed E-state index contributed by atoms with van der Waals surface area (Å²) in [6, 6.07) is 8.19. The number of nitrogens with two attached hydrogens (primary N) is 1. The van der Waals surface area contributed by atoms with Crippen LogP contribution >= 0.6 is 23.2 Å². The van der Waals surface area contributed by atoms with Crippen molar-refractivity contribution in [3.63, 3.8) is 0 Å². The van der Waals surface area contributed by atoms with Crippen molar-refractivity contribution >= 4 is 45.8 Å². The third-order valence-corrected chi connectivity index (χ3v) is 6.55. The maximum absolute atomic E-state index is 13.0. The van der Waals surface area contributed by atoms with Crippen LogP contribution in [-0.2, 0) is 12.7 Å². The van der Waals surface area contributed by atoms with Crippen molar-refractivity contribution in [2.75, 3.05) is 5.73 Å². The Kier molecular flexibility index (Phi) is 6.27. The number of halogens is 5. The van der Waals surface area contributed by atoms with Gasteiger partial charge in [-0.1, -0.05) is 29.3 Å². The molecule has 170 valence electrons. The van der Waals surface area contributed by atoms with Crippen LogP contribution in [-0.4, -0.2) is 21.7 Å². The number of nitrogens with one attached hydrogen (secondary N) is 1. The van der Waals surface area contributed by atoms with Crippen molar-refractivity contribution < 1.29 is 18.0 Å². The molecule has 0 bridgehead atoms. The summed E-state index contributed by atoms with van der Waals surface area (Å²) in [7, 11) is 0. The first-order valence-electron chi connectivity index (χ1n) is 10.2. The quantitative estimate of drug-likeness (QED) is 0.481. The Morgan fingerprint density at radius 3 is 2.53 bits per heavy atom. The van der Waals surface area contributed by atoms with Gasteiger partial charge in [-0.05, 0) is 61.9 Å². The average molecular weight is 485 g/mol. The molecule has 1 aliphatic carbocycles. The van der Waals surface area contributed by atoms with E-state index in [1.165, 1.54) is 0 Å². The van der Waals surface area contributed by atoms with Gasteiger partial charge in [-0.3, -0.25) is 9.48 Å².